The van der Waals surface area contributed by atoms with E-state index in [0.717, 1.165) is 30.3 Å². The summed E-state index contributed by atoms with van der Waals surface area (Å²) in [6.45, 7) is 3.21. The van der Waals surface area contributed by atoms with Crippen molar-refractivity contribution in [3.8, 4) is 29.4 Å². The number of aromatic carboxylic acids is 2. The highest BCUT2D eigenvalue weighted by molar-refractivity contribution is 7.94. The van der Waals surface area contributed by atoms with Crippen LogP contribution in [-0.2, 0) is 19.5 Å². The minimum atomic E-state index is -4.75. The summed E-state index contributed by atoms with van der Waals surface area (Å²) in [6, 6.07) is 16.7. The summed E-state index contributed by atoms with van der Waals surface area (Å²) >= 11 is 0.373. The lowest BCUT2D eigenvalue weighted by Crippen LogP contribution is -2.03. The average molecular weight is 886 g/mol. The van der Waals surface area contributed by atoms with Gasteiger partial charge in [-0.25, -0.2) is 14.8 Å². The smallest absolute Gasteiger partial charge is 0.335 e. The second-order valence-electron chi connectivity index (χ2n) is 12.6. The number of fused-ring (bicyclic) bond motifs is 1. The number of nitrogens with two attached hydrogens (primary N) is 1. The Kier molecular flexibility index (Phi) is 14.8. The molecule has 5 aromatic rings. The lowest BCUT2D eigenvalue weighted by Gasteiger charge is -2.12. The van der Waals surface area contributed by atoms with Gasteiger partial charge in [-0.15, -0.1) is 19.7 Å². The van der Waals surface area contributed by atoms with Gasteiger partial charge in [0.15, 0.2) is 5.75 Å². The summed E-state index contributed by atoms with van der Waals surface area (Å²) in [6.07, 6.45) is -0.000686. The van der Waals surface area contributed by atoms with Crippen molar-refractivity contribution in [3.05, 3.63) is 82.9 Å². The van der Waals surface area contributed by atoms with Gasteiger partial charge in [0.1, 0.15) is 46.7 Å². The lowest BCUT2D eigenvalue weighted by molar-refractivity contribution is -0.432. The molecule has 0 bridgehead atoms. The van der Waals surface area contributed by atoms with E-state index in [1.54, 1.807) is 19.9 Å². The highest BCUT2D eigenvalue weighted by Gasteiger charge is 2.21. The first-order valence-electron chi connectivity index (χ1n) is 17.4. The van der Waals surface area contributed by atoms with Crippen LogP contribution in [0.4, 0.5) is 39.8 Å². The molecule has 0 saturated heterocycles. The van der Waals surface area contributed by atoms with E-state index in [0.29, 0.717) is 23.2 Å². The Balaban J connectivity index is 1.54. The molecule has 0 aliphatic heterocycles. The molecule has 0 fully saturated rings. The van der Waals surface area contributed by atoms with Crippen LogP contribution in [0, 0.1) is 36.5 Å². The van der Waals surface area contributed by atoms with Gasteiger partial charge in [0.25, 0.3) is 10.1 Å². The predicted octanol–water partition coefficient (Wildman–Crippen LogP) is 9.65. The Morgan fingerprint density at radius 3 is 1.76 bits per heavy atom. The fourth-order valence-corrected chi connectivity index (χ4v) is 6.53. The van der Waals surface area contributed by atoms with Gasteiger partial charge < -0.3 is 30.5 Å². The largest absolute Gasteiger partial charge is 0.505 e. The molecule has 318 valence electrons. The van der Waals surface area contributed by atoms with Crippen LogP contribution in [-0.4, -0.2) is 58.7 Å². The number of carboxylic acids is 2. The molecule has 0 heterocycles. The molecular weight excluding hydrogens is 855 g/mol. The topological polar surface area (TPSA) is 354 Å². The van der Waals surface area contributed by atoms with E-state index in [2.05, 4.69) is 40.1 Å². The summed E-state index contributed by atoms with van der Waals surface area (Å²) in [5.41, 5.74) is 6.36. The number of hydrogen-bond acceptors (Lipinski definition) is 20. The van der Waals surface area contributed by atoms with Crippen molar-refractivity contribution in [2.75, 3.05) is 18.9 Å². The number of nitrogen functional groups attached to an aromatic ring is 1. The third kappa shape index (κ3) is 11.2. The minimum absolute atomic E-state index is 0.0118. The number of ether oxygens (including phenoxy) is 2. The van der Waals surface area contributed by atoms with E-state index in [4.69, 9.17) is 31.0 Å². The second-order valence-corrected chi connectivity index (χ2v) is 14.7. The molecule has 0 saturated carbocycles. The van der Waals surface area contributed by atoms with Crippen molar-refractivity contribution in [2.45, 2.75) is 36.5 Å². The third-order valence-corrected chi connectivity index (χ3v) is 9.85. The molecule has 0 aliphatic carbocycles. The van der Waals surface area contributed by atoms with Gasteiger partial charge >= 0.3 is 11.9 Å². The number of phenols is 1. The number of anilines is 1. The van der Waals surface area contributed by atoms with Crippen LogP contribution in [0.25, 0.3) is 10.8 Å². The van der Waals surface area contributed by atoms with Crippen molar-refractivity contribution in [3.63, 3.8) is 0 Å². The number of nitrogens with zero attached hydrogens (tertiary/aromatic N) is 8. The standard InChI is InChI=1S/C38H31N9O13S2/c1-19-9-29(31(57-7-3-5-39)17-27(19)43-42-24-12-22(37(49)50)11-23(13-24)38(51)52)45-44-28-18-32(58-8-4-6-40)30(10-20(28)2)46-47-35-33(61-60-59-53)14-21-15-34(62(54,55)56)26(41)16-25(21)36(35)48/h9-18,48,53H,3-4,7-8,41H2,1-2H3,(H,49,50)(H,51,52)(H,54,55,56). The maximum absolute atomic E-state index is 11.9. The molecule has 24 heteroatoms. The van der Waals surface area contributed by atoms with E-state index >= 15 is 0 Å². The molecule has 5 rings (SSSR count). The maximum atomic E-state index is 11.9. The molecule has 0 aromatic heterocycles. The van der Waals surface area contributed by atoms with Crippen molar-refractivity contribution in [1.29, 1.82) is 10.5 Å². The van der Waals surface area contributed by atoms with E-state index in [9.17, 15) is 37.9 Å². The molecule has 0 spiro atoms. The fraction of sp³-hybridized carbons (Fsp3) is 0.158. The van der Waals surface area contributed by atoms with Gasteiger partial charge in [-0.2, -0.15) is 34.3 Å². The average Bonchev–Trinajstić information content (AvgIpc) is 3.22. The van der Waals surface area contributed by atoms with Crippen molar-refractivity contribution < 1.29 is 62.0 Å². The SMILES string of the molecule is Cc1cc(N=Nc2cc(OCCC#N)c(N=Nc3c(SOOO)cc4cc(S(=O)(=O)O)c(N)cc4c3O)cc2C)c(OCCC#N)cc1N=Nc1cc(C(=O)O)cc(C(=O)O)c1. The first-order valence-corrected chi connectivity index (χ1v) is 19.6. The quantitative estimate of drug-likeness (QED) is 0.00906. The van der Waals surface area contributed by atoms with E-state index in [-0.39, 0.29) is 104 Å². The van der Waals surface area contributed by atoms with E-state index in [1.807, 2.05) is 12.1 Å². The van der Waals surface area contributed by atoms with Gasteiger partial charge in [0.2, 0.25) is 0 Å². The number of phenolic OH excluding ortho intramolecular Hbond substituents is 1. The van der Waals surface area contributed by atoms with Crippen LogP contribution in [0.5, 0.6) is 17.2 Å². The van der Waals surface area contributed by atoms with Crippen LogP contribution in [0.2, 0.25) is 0 Å². The Morgan fingerprint density at radius 1 is 0.742 bits per heavy atom. The van der Waals surface area contributed by atoms with Crippen LogP contribution in [0.15, 0.2) is 101 Å². The van der Waals surface area contributed by atoms with Crippen LogP contribution in [0.1, 0.15) is 44.7 Å². The molecular formula is C38H31N9O13S2. The Morgan fingerprint density at radius 2 is 1.26 bits per heavy atom. The normalized spacial score (nSPS) is 11.6. The number of benzene rings is 5. The predicted molar refractivity (Wildman–Crippen MR) is 217 cm³/mol. The summed E-state index contributed by atoms with van der Waals surface area (Å²) in [7, 11) is -4.75. The molecule has 22 nitrogen and oxygen atoms in total. The van der Waals surface area contributed by atoms with E-state index in [1.165, 1.54) is 24.3 Å². The van der Waals surface area contributed by atoms with Gasteiger partial charge in [-0.3, -0.25) is 4.55 Å². The highest BCUT2D eigenvalue weighted by atomic mass is 32.2. The minimum Gasteiger partial charge on any atom is -0.505 e. The van der Waals surface area contributed by atoms with E-state index < -0.39 is 32.7 Å². The molecule has 7 N–H and O–H groups in total. The monoisotopic (exact) mass is 885 g/mol. The highest BCUT2D eigenvalue weighted by Crippen LogP contribution is 2.46. The van der Waals surface area contributed by atoms with Gasteiger partial charge in [-0.05, 0) is 78.9 Å². The molecule has 0 amide bonds. The number of carboxylic acid groups (broad SMARTS) is 2. The molecule has 0 radical (unpaired) electrons. The lowest BCUT2D eigenvalue weighted by atomic mass is 10.1. The van der Waals surface area contributed by atoms with Crippen molar-refractivity contribution >= 4 is 84.7 Å². The second kappa shape index (κ2) is 20.1. The Labute approximate surface area is 354 Å². The van der Waals surface area contributed by atoms with Gasteiger partial charge in [0.05, 0.1) is 75.8 Å². The third-order valence-electron chi connectivity index (χ3n) is 8.32. The zero-order valence-corrected chi connectivity index (χ0v) is 33.7. The van der Waals surface area contributed by atoms with Crippen LogP contribution < -0.4 is 15.2 Å². The molecule has 5 aromatic carbocycles. The van der Waals surface area contributed by atoms with Crippen LogP contribution in [0.3, 0.4) is 0 Å². The molecule has 62 heavy (non-hydrogen) atoms. The number of aryl methyl sites for hydroxylation is 2. The number of azo groups is 3. The molecule has 0 aliphatic rings. The number of aromatic hydroxyl groups is 1. The van der Waals surface area contributed by atoms with Crippen molar-refractivity contribution in [1.82, 2.24) is 0 Å². The zero-order chi connectivity index (χ0) is 45.1. The Hall–Kier alpha value is -7.58. The summed E-state index contributed by atoms with van der Waals surface area (Å²) < 4.78 is 49.5. The van der Waals surface area contributed by atoms with Crippen molar-refractivity contribution in [2.24, 2.45) is 30.7 Å². The molecule has 0 atom stereocenters. The summed E-state index contributed by atoms with van der Waals surface area (Å²) in [4.78, 5) is 22.4. The zero-order valence-electron chi connectivity index (χ0n) is 32.1. The number of nitriles is 2. The van der Waals surface area contributed by atoms with Gasteiger partial charge in [-0.1, -0.05) is 5.04 Å². The summed E-state index contributed by atoms with van der Waals surface area (Å²) in [5, 5.41) is 86.3. The first kappa shape index (κ1) is 45.5. The number of rotatable bonds is 18. The number of carbonyl (C=O) groups is 2. The van der Waals surface area contributed by atoms with Gasteiger partial charge in [0, 0.05) is 17.5 Å². The first-order chi connectivity index (χ1) is 29.5. The Bertz CT molecular complexity index is 2840. The maximum Gasteiger partial charge on any atom is 0.335 e. The van der Waals surface area contributed by atoms with Crippen LogP contribution >= 0.6 is 12.0 Å². The molecule has 0 unspecified atom stereocenters. The summed E-state index contributed by atoms with van der Waals surface area (Å²) in [5.74, 6) is -3.05. The number of hydrogen-bond donors (Lipinski definition) is 6. The fourth-order valence-electron chi connectivity index (χ4n) is 5.41.